The third-order valence-corrected chi connectivity index (χ3v) is 10.9. The Hall–Kier alpha value is -1.51. The first-order chi connectivity index (χ1) is 27.0. The van der Waals surface area contributed by atoms with Gasteiger partial charge in [0.1, 0.15) is 19.8 Å². The topological polar surface area (TPSA) is 111 Å². The summed E-state index contributed by atoms with van der Waals surface area (Å²) in [7, 11) is 1.15. The van der Waals surface area contributed by atoms with Crippen LogP contribution in [0.25, 0.3) is 0 Å². The molecule has 0 saturated carbocycles. The Balaban J connectivity index is 4.35. The predicted molar refractivity (Wildman–Crippen MR) is 231 cm³/mol. The molecule has 0 heterocycles. The fraction of sp³-hybridized carbons (Fsp3) is 0.870. The second-order valence-corrected chi connectivity index (χ2v) is 18.2. The van der Waals surface area contributed by atoms with Gasteiger partial charge in [-0.3, -0.25) is 14.2 Å². The van der Waals surface area contributed by atoms with Crippen LogP contribution in [0.15, 0.2) is 24.3 Å². The van der Waals surface area contributed by atoms with E-state index in [1.54, 1.807) is 0 Å². The highest BCUT2D eigenvalue weighted by atomic mass is 31.2. The van der Waals surface area contributed by atoms with Crippen molar-refractivity contribution < 1.29 is 42.1 Å². The molecule has 0 fully saturated rings. The second kappa shape index (κ2) is 39.0. The molecule has 0 bridgehead atoms. The van der Waals surface area contributed by atoms with E-state index in [1.165, 1.54) is 141 Å². The van der Waals surface area contributed by atoms with Crippen molar-refractivity contribution in [3.05, 3.63) is 24.3 Å². The molecule has 0 aliphatic rings. The van der Waals surface area contributed by atoms with E-state index in [9.17, 15) is 19.0 Å². The maximum Gasteiger partial charge on any atom is 0.306 e. The van der Waals surface area contributed by atoms with Crippen LogP contribution >= 0.6 is 7.82 Å². The Kier molecular flexibility index (Phi) is 37.9. The minimum atomic E-state index is -4.63. The first kappa shape index (κ1) is 54.5. The maximum atomic E-state index is 12.6. The SMILES string of the molecule is CCCCCC/C=C/CCCCCCCCCCCC(=O)OC[C@H](COP(=O)([O-])OCC[N+](C)(C)C)OC(=O)CC/C=C/CCCCCCCCCCCCC. The van der Waals surface area contributed by atoms with Crippen LogP contribution in [-0.2, 0) is 32.7 Å². The molecular weight excluding hydrogens is 725 g/mol. The molecule has 0 aromatic heterocycles. The highest BCUT2D eigenvalue weighted by Gasteiger charge is 2.21. The summed E-state index contributed by atoms with van der Waals surface area (Å²) in [6.07, 6.45) is 42.1. The molecule has 0 spiro atoms. The smallest absolute Gasteiger partial charge is 0.306 e. The number of quaternary nitrogens is 1. The van der Waals surface area contributed by atoms with Crippen LogP contribution in [0.5, 0.6) is 0 Å². The van der Waals surface area contributed by atoms with Crippen molar-refractivity contribution in [1.29, 1.82) is 0 Å². The average molecular weight is 814 g/mol. The quantitative estimate of drug-likeness (QED) is 0.0197. The molecular formula is C46H88NO8P. The average Bonchev–Trinajstić information content (AvgIpc) is 3.15. The minimum absolute atomic E-state index is 0.0353. The van der Waals surface area contributed by atoms with Crippen LogP contribution in [0.1, 0.15) is 206 Å². The Morgan fingerprint density at radius 2 is 0.946 bits per heavy atom. The standard InChI is InChI=1S/C46H88NO8P/c1-6-8-10-12-14-16-18-20-22-23-25-26-28-30-32-34-36-38-45(48)52-42-44(43-54-56(50,51)53-41-40-47(3,4)5)55-46(49)39-37-35-33-31-29-27-24-21-19-17-15-13-11-9-7-2/h16,18,33,35,44H,6-15,17,19-32,34,36-43H2,1-5H3/b18-16+,35-33+/t44-/m1/s1. The number of nitrogens with zero attached hydrogens (tertiary/aromatic N) is 1. The van der Waals surface area contributed by atoms with Crippen LogP contribution in [-0.4, -0.2) is 70.0 Å². The zero-order valence-electron chi connectivity index (χ0n) is 37.1. The summed E-state index contributed by atoms with van der Waals surface area (Å²) >= 11 is 0. The Morgan fingerprint density at radius 3 is 1.41 bits per heavy atom. The number of allylic oxidation sites excluding steroid dienone is 4. The molecule has 0 rings (SSSR count). The van der Waals surface area contributed by atoms with E-state index in [1.807, 2.05) is 27.2 Å². The summed E-state index contributed by atoms with van der Waals surface area (Å²) in [6.45, 7) is 4.19. The van der Waals surface area contributed by atoms with Gasteiger partial charge in [-0.2, -0.15) is 0 Å². The van der Waals surface area contributed by atoms with Crippen molar-refractivity contribution in [3.8, 4) is 0 Å². The van der Waals surface area contributed by atoms with Gasteiger partial charge in [-0.15, -0.1) is 0 Å². The van der Waals surface area contributed by atoms with E-state index >= 15 is 0 Å². The third-order valence-electron chi connectivity index (χ3n) is 9.96. The van der Waals surface area contributed by atoms with Crippen molar-refractivity contribution in [2.24, 2.45) is 0 Å². The number of unbranched alkanes of at least 4 members (excludes halogenated alkanes) is 24. The van der Waals surface area contributed by atoms with Gasteiger partial charge in [0, 0.05) is 12.8 Å². The molecule has 0 aromatic carbocycles. The summed E-state index contributed by atoms with van der Waals surface area (Å²) in [4.78, 5) is 37.5. The predicted octanol–water partition coefficient (Wildman–Crippen LogP) is 12.5. The largest absolute Gasteiger partial charge is 0.756 e. The summed E-state index contributed by atoms with van der Waals surface area (Å²) in [5.74, 6) is -0.887. The third kappa shape index (κ3) is 42.1. The van der Waals surface area contributed by atoms with Gasteiger partial charge in [0.05, 0.1) is 27.7 Å². The molecule has 0 aliphatic carbocycles. The van der Waals surface area contributed by atoms with Crippen molar-refractivity contribution in [2.45, 2.75) is 213 Å². The molecule has 0 aromatic rings. The summed E-state index contributed by atoms with van der Waals surface area (Å²) < 4.78 is 33.9. The second-order valence-electron chi connectivity index (χ2n) is 16.8. The Bertz CT molecular complexity index is 1010. The van der Waals surface area contributed by atoms with E-state index in [-0.39, 0.29) is 26.1 Å². The molecule has 1 unspecified atom stereocenters. The zero-order chi connectivity index (χ0) is 41.4. The monoisotopic (exact) mass is 814 g/mol. The molecule has 0 radical (unpaired) electrons. The van der Waals surface area contributed by atoms with Crippen LogP contribution < -0.4 is 4.89 Å². The lowest BCUT2D eigenvalue weighted by Crippen LogP contribution is -2.37. The molecule has 330 valence electrons. The first-order valence-corrected chi connectivity index (χ1v) is 24.5. The molecule has 10 heteroatoms. The summed E-state index contributed by atoms with van der Waals surface area (Å²) in [6, 6.07) is 0. The van der Waals surface area contributed by atoms with Crippen molar-refractivity contribution in [1.82, 2.24) is 0 Å². The van der Waals surface area contributed by atoms with E-state index in [0.29, 0.717) is 17.4 Å². The number of likely N-dealkylation sites (N-methyl/N-ethyl adjacent to an activating group) is 1. The lowest BCUT2D eigenvalue weighted by Gasteiger charge is -2.28. The minimum Gasteiger partial charge on any atom is -0.756 e. The number of ether oxygens (including phenoxy) is 2. The summed E-state index contributed by atoms with van der Waals surface area (Å²) in [5, 5.41) is 0. The molecule has 0 amide bonds. The van der Waals surface area contributed by atoms with Crippen LogP contribution in [0.2, 0.25) is 0 Å². The number of esters is 2. The van der Waals surface area contributed by atoms with Gasteiger partial charge in [0.15, 0.2) is 6.10 Å². The highest BCUT2D eigenvalue weighted by Crippen LogP contribution is 2.38. The molecule has 9 nitrogen and oxygen atoms in total. The van der Waals surface area contributed by atoms with Gasteiger partial charge >= 0.3 is 11.9 Å². The normalized spacial score (nSPS) is 13.8. The lowest BCUT2D eigenvalue weighted by molar-refractivity contribution is -0.870. The highest BCUT2D eigenvalue weighted by molar-refractivity contribution is 7.45. The van der Waals surface area contributed by atoms with E-state index in [4.69, 9.17) is 18.5 Å². The fourth-order valence-electron chi connectivity index (χ4n) is 6.31. The van der Waals surface area contributed by atoms with Crippen molar-refractivity contribution in [2.75, 3.05) is 47.5 Å². The van der Waals surface area contributed by atoms with E-state index in [0.717, 1.165) is 32.1 Å². The van der Waals surface area contributed by atoms with Crippen molar-refractivity contribution in [3.63, 3.8) is 0 Å². The van der Waals surface area contributed by atoms with Gasteiger partial charge in [-0.05, 0) is 51.4 Å². The molecule has 2 atom stereocenters. The number of hydrogen-bond donors (Lipinski definition) is 0. The van der Waals surface area contributed by atoms with Gasteiger partial charge < -0.3 is 27.9 Å². The van der Waals surface area contributed by atoms with E-state index < -0.39 is 32.5 Å². The maximum absolute atomic E-state index is 12.6. The van der Waals surface area contributed by atoms with E-state index in [2.05, 4.69) is 32.1 Å². The van der Waals surface area contributed by atoms with Crippen LogP contribution in [0.4, 0.5) is 0 Å². The Morgan fingerprint density at radius 1 is 0.536 bits per heavy atom. The number of carbonyl (C=O) groups is 2. The molecule has 0 aliphatic heterocycles. The Labute approximate surface area is 345 Å². The first-order valence-electron chi connectivity index (χ1n) is 23.0. The number of rotatable bonds is 42. The van der Waals surface area contributed by atoms with Crippen molar-refractivity contribution >= 4 is 19.8 Å². The number of phosphoric acid groups is 1. The molecule has 56 heavy (non-hydrogen) atoms. The van der Waals surface area contributed by atoms with Crippen LogP contribution in [0, 0.1) is 0 Å². The molecule has 0 N–H and O–H groups in total. The number of carbonyl (C=O) groups excluding carboxylic acids is 2. The van der Waals surface area contributed by atoms with Gasteiger partial charge in [0.25, 0.3) is 7.82 Å². The van der Waals surface area contributed by atoms with Gasteiger partial charge in [0.2, 0.25) is 0 Å². The van der Waals surface area contributed by atoms with Crippen LogP contribution in [0.3, 0.4) is 0 Å². The fourth-order valence-corrected chi connectivity index (χ4v) is 7.04. The van der Waals surface area contributed by atoms with Gasteiger partial charge in [-0.1, -0.05) is 167 Å². The summed E-state index contributed by atoms with van der Waals surface area (Å²) in [5.41, 5.74) is 0. The number of hydrogen-bond acceptors (Lipinski definition) is 8. The zero-order valence-corrected chi connectivity index (χ0v) is 38.0. The molecule has 0 saturated heterocycles. The lowest BCUT2D eigenvalue weighted by atomic mass is 10.1. The van der Waals surface area contributed by atoms with Gasteiger partial charge in [-0.25, -0.2) is 0 Å². The number of phosphoric ester groups is 1.